The quantitative estimate of drug-likeness (QED) is 0.226. The Kier molecular flexibility index (Phi) is 7.23. The molecule has 2 aliphatic carbocycles. The van der Waals surface area contributed by atoms with Crippen molar-refractivity contribution in [3.05, 3.63) is 23.8 Å². The lowest BCUT2D eigenvalue weighted by Crippen LogP contribution is -2.68. The number of anilines is 2. The van der Waals surface area contributed by atoms with E-state index in [4.69, 9.17) is 10.5 Å². The number of likely N-dealkylation sites (N-methyl/N-ethyl adjacent to an activating group) is 1. The highest BCUT2D eigenvalue weighted by atomic mass is 16.6. The summed E-state index contributed by atoms with van der Waals surface area (Å²) in [6, 6.07) is 7.43. The summed E-state index contributed by atoms with van der Waals surface area (Å²) in [6.07, 6.45) is 5.97. The van der Waals surface area contributed by atoms with E-state index in [1.54, 1.807) is 0 Å². The molecule has 3 saturated heterocycles. The van der Waals surface area contributed by atoms with Crippen LogP contribution >= 0.6 is 0 Å². The molecule has 8 unspecified atom stereocenters. The fourth-order valence-electron chi connectivity index (χ4n) is 7.50. The molecule has 0 spiro atoms. The average molecular weight is 543 g/mol. The molecule has 1 aromatic rings. The Labute approximate surface area is 231 Å². The fraction of sp³-hybridized carbons (Fsp3) is 0.786. The highest BCUT2D eigenvalue weighted by molar-refractivity contribution is 5.75. The lowest BCUT2D eigenvalue weighted by Gasteiger charge is -2.42. The van der Waals surface area contributed by atoms with Crippen molar-refractivity contribution in [1.29, 1.82) is 0 Å². The number of rotatable bonds is 8. The molecule has 9 N–H and O–H groups in total. The smallest absolute Gasteiger partial charge is 0.142 e. The van der Waals surface area contributed by atoms with Crippen LogP contribution in [-0.2, 0) is 4.74 Å². The van der Waals surface area contributed by atoms with E-state index in [9.17, 15) is 10.2 Å². The zero-order valence-corrected chi connectivity index (χ0v) is 22.9. The molecule has 8 atom stereocenters. The number of nitrogens with zero attached hydrogens (tertiary/aromatic N) is 2. The zero-order valence-electron chi connectivity index (χ0n) is 22.9. The number of ether oxygens (including phenoxy) is 1. The predicted molar refractivity (Wildman–Crippen MR) is 150 cm³/mol. The summed E-state index contributed by atoms with van der Waals surface area (Å²) in [5.74, 6) is 1.49. The van der Waals surface area contributed by atoms with E-state index in [2.05, 4.69) is 61.6 Å². The summed E-state index contributed by atoms with van der Waals surface area (Å²) in [4.78, 5) is 4.36. The minimum atomic E-state index is -0.952. The standard InChI is InChI=1S/C28H46N8O3/c1-35(12-21-24(37)25(38)28(39-21)36-14-32-23-26(29)30-13-31-27(23)36)18-9-15(10-18)5-8-22-33-19-7-6-17(11-20(19)34-22)16-3-2-4-16/h6-7,11,15-16,18,21-28,30-34,37-38H,2-5,8-10,12-14,29H2,1H3. The van der Waals surface area contributed by atoms with Gasteiger partial charge in [0.05, 0.1) is 42.6 Å². The summed E-state index contributed by atoms with van der Waals surface area (Å²) < 4.78 is 6.28. The molecule has 11 nitrogen and oxygen atoms in total. The molecule has 11 heteroatoms. The predicted octanol–water partition coefficient (Wildman–Crippen LogP) is 0.0474. The van der Waals surface area contributed by atoms with Gasteiger partial charge in [-0.25, -0.2) is 4.90 Å². The van der Waals surface area contributed by atoms with Gasteiger partial charge in [0.15, 0.2) is 0 Å². The van der Waals surface area contributed by atoms with E-state index < -0.39 is 24.5 Å². The number of nitrogens with one attached hydrogen (secondary N) is 5. The molecule has 39 heavy (non-hydrogen) atoms. The lowest BCUT2D eigenvalue weighted by molar-refractivity contribution is -0.108. The van der Waals surface area contributed by atoms with Gasteiger partial charge in [-0.1, -0.05) is 12.5 Å². The monoisotopic (exact) mass is 542 g/mol. The normalized spacial score (nSPS) is 42.0. The number of aliphatic hydroxyl groups excluding tert-OH is 2. The molecular weight excluding hydrogens is 496 g/mol. The Morgan fingerprint density at radius 2 is 1.87 bits per heavy atom. The maximum Gasteiger partial charge on any atom is 0.142 e. The van der Waals surface area contributed by atoms with Gasteiger partial charge in [-0.15, -0.1) is 0 Å². The van der Waals surface area contributed by atoms with Crippen LogP contribution in [0, 0.1) is 5.92 Å². The Balaban J connectivity index is 0.851. The second kappa shape index (κ2) is 10.7. The second-order valence-corrected chi connectivity index (χ2v) is 12.8. The van der Waals surface area contributed by atoms with Gasteiger partial charge < -0.3 is 36.2 Å². The van der Waals surface area contributed by atoms with Crippen LogP contribution in [0.2, 0.25) is 0 Å². The molecule has 0 aromatic heterocycles. The van der Waals surface area contributed by atoms with Crippen molar-refractivity contribution in [1.82, 2.24) is 25.8 Å². The minimum Gasteiger partial charge on any atom is -0.387 e. The Morgan fingerprint density at radius 1 is 1.05 bits per heavy atom. The van der Waals surface area contributed by atoms with E-state index >= 15 is 0 Å². The van der Waals surface area contributed by atoms with Crippen molar-refractivity contribution in [2.75, 3.05) is 37.6 Å². The van der Waals surface area contributed by atoms with Gasteiger partial charge in [-0.2, -0.15) is 0 Å². The second-order valence-electron chi connectivity index (χ2n) is 12.8. The van der Waals surface area contributed by atoms with Gasteiger partial charge in [-0.05, 0) is 75.1 Å². The van der Waals surface area contributed by atoms with Gasteiger partial charge >= 0.3 is 0 Å². The van der Waals surface area contributed by atoms with Crippen LogP contribution in [0.1, 0.15) is 56.4 Å². The Bertz CT molecular complexity index is 1020. The fourth-order valence-corrected chi connectivity index (χ4v) is 7.50. The van der Waals surface area contributed by atoms with Crippen molar-refractivity contribution >= 4 is 11.4 Å². The molecule has 0 amide bonds. The Hall–Kier alpha value is -1.54. The molecule has 4 aliphatic heterocycles. The van der Waals surface area contributed by atoms with Crippen molar-refractivity contribution in [3.8, 4) is 0 Å². The van der Waals surface area contributed by atoms with E-state index in [-0.39, 0.29) is 18.4 Å². The first-order valence-electron chi connectivity index (χ1n) is 15.0. The van der Waals surface area contributed by atoms with Crippen LogP contribution < -0.4 is 32.3 Å². The minimum absolute atomic E-state index is 0.0222. The highest BCUT2D eigenvalue weighted by Gasteiger charge is 2.52. The number of hydrogen-bond acceptors (Lipinski definition) is 11. The first kappa shape index (κ1) is 26.4. The summed E-state index contributed by atoms with van der Waals surface area (Å²) >= 11 is 0. The topological polar surface area (TPSA) is 142 Å². The van der Waals surface area contributed by atoms with Crippen LogP contribution in [0.5, 0.6) is 0 Å². The summed E-state index contributed by atoms with van der Waals surface area (Å²) in [5.41, 5.74) is 10.2. The third kappa shape index (κ3) is 4.96. The molecule has 0 radical (unpaired) electrons. The first-order valence-corrected chi connectivity index (χ1v) is 15.0. The third-order valence-corrected chi connectivity index (χ3v) is 10.4. The van der Waals surface area contributed by atoms with Gasteiger partial charge in [0.2, 0.25) is 0 Å². The number of fused-ring (bicyclic) bond motifs is 2. The van der Waals surface area contributed by atoms with E-state index in [1.807, 2.05) is 0 Å². The molecule has 216 valence electrons. The van der Waals surface area contributed by atoms with E-state index in [0.717, 1.165) is 18.3 Å². The van der Waals surface area contributed by atoms with Crippen LogP contribution in [0.25, 0.3) is 0 Å². The van der Waals surface area contributed by atoms with Gasteiger partial charge in [0.1, 0.15) is 24.5 Å². The molecule has 6 aliphatic rings. The molecule has 2 saturated carbocycles. The van der Waals surface area contributed by atoms with Gasteiger partial charge in [0, 0.05) is 19.3 Å². The third-order valence-electron chi connectivity index (χ3n) is 10.4. The zero-order chi connectivity index (χ0) is 26.7. The molecule has 4 heterocycles. The maximum absolute atomic E-state index is 10.9. The SMILES string of the molecule is CN(CC1OC(N2CNC3C(N)NCNC32)C(O)C1O)C1CC(CCC2Nc3ccc(C4CCC4)cc3N2)C1. The number of benzene rings is 1. The molecular formula is C28H46N8O3. The molecule has 7 rings (SSSR count). The van der Waals surface area contributed by atoms with E-state index in [0.29, 0.717) is 32.1 Å². The van der Waals surface area contributed by atoms with Crippen molar-refractivity contribution in [2.24, 2.45) is 11.7 Å². The van der Waals surface area contributed by atoms with Crippen LogP contribution in [-0.4, -0.2) is 102 Å². The highest BCUT2D eigenvalue weighted by Crippen LogP contribution is 2.41. The summed E-state index contributed by atoms with van der Waals surface area (Å²) in [7, 11) is 2.12. The number of hydrogen-bond donors (Lipinski definition) is 8. The van der Waals surface area contributed by atoms with Gasteiger partial charge in [-0.3, -0.25) is 16.0 Å². The molecule has 1 aromatic carbocycles. The average Bonchev–Trinajstić information content (AvgIpc) is 3.54. The summed E-state index contributed by atoms with van der Waals surface area (Å²) in [6.45, 7) is 1.76. The van der Waals surface area contributed by atoms with Crippen molar-refractivity contribution < 1.29 is 14.9 Å². The molecule has 0 bridgehead atoms. The molecule has 5 fully saturated rings. The van der Waals surface area contributed by atoms with Gasteiger partial charge in [0.25, 0.3) is 0 Å². The van der Waals surface area contributed by atoms with Crippen LogP contribution in [0.4, 0.5) is 11.4 Å². The Morgan fingerprint density at radius 3 is 2.67 bits per heavy atom. The number of aliphatic hydroxyl groups is 2. The number of nitrogens with two attached hydrogens (primary N) is 1. The first-order chi connectivity index (χ1) is 18.9. The summed E-state index contributed by atoms with van der Waals surface area (Å²) in [5, 5.41) is 39.1. The largest absolute Gasteiger partial charge is 0.387 e. The van der Waals surface area contributed by atoms with Crippen molar-refractivity contribution in [2.45, 2.75) is 106 Å². The van der Waals surface area contributed by atoms with Crippen LogP contribution in [0.15, 0.2) is 18.2 Å². The maximum atomic E-state index is 10.9. The lowest BCUT2D eigenvalue weighted by atomic mass is 9.76. The van der Waals surface area contributed by atoms with E-state index in [1.165, 1.54) is 55.5 Å². The van der Waals surface area contributed by atoms with Crippen LogP contribution in [0.3, 0.4) is 0 Å². The van der Waals surface area contributed by atoms with Crippen molar-refractivity contribution in [3.63, 3.8) is 0 Å².